The highest BCUT2D eigenvalue weighted by atomic mass is 32.2. The first kappa shape index (κ1) is 13.1. The van der Waals surface area contributed by atoms with Crippen molar-refractivity contribution in [2.24, 2.45) is 0 Å². The van der Waals surface area contributed by atoms with Crippen LogP contribution < -0.4 is 5.73 Å². The molecule has 1 aliphatic rings. The Morgan fingerprint density at radius 3 is 2.70 bits per heavy atom. The van der Waals surface area contributed by atoms with E-state index >= 15 is 0 Å². The Morgan fingerprint density at radius 1 is 1.30 bits per heavy atom. The van der Waals surface area contributed by atoms with Crippen molar-refractivity contribution in [2.45, 2.75) is 35.2 Å². The van der Waals surface area contributed by atoms with Gasteiger partial charge < -0.3 is 5.73 Å². The minimum Gasteiger partial charge on any atom is -0.384 e. The molecule has 1 aliphatic carbocycles. The molecule has 7 nitrogen and oxygen atoms in total. The maximum Gasteiger partial charge on any atom is 0.451 e. The van der Waals surface area contributed by atoms with Crippen LogP contribution >= 0.6 is 11.8 Å². The number of anilines is 1. The fourth-order valence-electron chi connectivity index (χ4n) is 1.52. The molecule has 1 saturated carbocycles. The Balaban J connectivity index is 1.90. The Bertz CT molecular complexity index is 637. The van der Waals surface area contributed by atoms with Crippen LogP contribution in [0.2, 0.25) is 0 Å². The fourth-order valence-corrected chi connectivity index (χ4v) is 2.37. The highest BCUT2D eigenvalue weighted by Gasteiger charge is 2.35. The molecule has 0 aliphatic heterocycles. The molecule has 0 unspecified atom stereocenters. The summed E-state index contributed by atoms with van der Waals surface area (Å²) in [6.45, 7) is 0. The summed E-state index contributed by atoms with van der Waals surface area (Å²) in [5.74, 6) is -1.52. The van der Waals surface area contributed by atoms with Crippen LogP contribution in [0, 0.1) is 0 Å². The number of alkyl halides is 3. The second-order valence-electron chi connectivity index (χ2n) is 4.19. The smallest absolute Gasteiger partial charge is 0.384 e. The lowest BCUT2D eigenvalue weighted by Crippen LogP contribution is -2.13. The molecule has 0 atom stereocenters. The first-order valence-electron chi connectivity index (χ1n) is 5.61. The zero-order chi connectivity index (χ0) is 14.3. The first-order valence-corrected chi connectivity index (χ1v) is 6.42. The van der Waals surface area contributed by atoms with Gasteiger partial charge in [0.15, 0.2) is 0 Å². The molecule has 0 radical (unpaired) electrons. The first-order chi connectivity index (χ1) is 9.43. The van der Waals surface area contributed by atoms with Gasteiger partial charge in [-0.2, -0.15) is 13.2 Å². The lowest BCUT2D eigenvalue weighted by molar-refractivity contribution is -0.145. The number of tetrazole rings is 1. The standard InChI is InChI=1S/C9H8F3N7S/c10-9(11,12)7-14-5(13)3-6(15-7)20-8-16-17-18-19(8)4-1-2-4/h3-4H,1-2H2,(H2,13,14,15). The lowest BCUT2D eigenvalue weighted by atomic mass is 10.5. The van der Waals surface area contributed by atoms with E-state index in [1.54, 1.807) is 4.68 Å². The van der Waals surface area contributed by atoms with E-state index in [0.29, 0.717) is 5.16 Å². The van der Waals surface area contributed by atoms with Gasteiger partial charge in [0.25, 0.3) is 0 Å². The van der Waals surface area contributed by atoms with Gasteiger partial charge in [0.1, 0.15) is 10.8 Å². The highest BCUT2D eigenvalue weighted by molar-refractivity contribution is 7.99. The molecule has 2 N–H and O–H groups in total. The van der Waals surface area contributed by atoms with Gasteiger partial charge in [0.05, 0.1) is 6.04 Å². The fraction of sp³-hybridized carbons (Fsp3) is 0.444. The second-order valence-corrected chi connectivity index (χ2v) is 5.18. The van der Waals surface area contributed by atoms with Gasteiger partial charge in [0.2, 0.25) is 11.0 Å². The zero-order valence-corrected chi connectivity index (χ0v) is 10.7. The summed E-state index contributed by atoms with van der Waals surface area (Å²) in [5.41, 5.74) is 5.37. The van der Waals surface area contributed by atoms with Crippen LogP contribution in [0.1, 0.15) is 24.7 Å². The van der Waals surface area contributed by atoms with Gasteiger partial charge in [-0.05, 0) is 35.0 Å². The molecule has 0 amide bonds. The lowest BCUT2D eigenvalue weighted by Gasteiger charge is -2.07. The predicted octanol–water partition coefficient (Wildman–Crippen LogP) is 1.55. The topological polar surface area (TPSA) is 95.4 Å². The van der Waals surface area contributed by atoms with Crippen LogP contribution in [-0.2, 0) is 6.18 Å². The molecular weight excluding hydrogens is 295 g/mol. The van der Waals surface area contributed by atoms with Gasteiger partial charge in [-0.1, -0.05) is 0 Å². The third kappa shape index (κ3) is 2.66. The summed E-state index contributed by atoms with van der Waals surface area (Å²) in [6.07, 6.45) is -2.73. The zero-order valence-electron chi connectivity index (χ0n) is 9.87. The van der Waals surface area contributed by atoms with Crippen LogP contribution in [-0.4, -0.2) is 30.2 Å². The van der Waals surface area contributed by atoms with Crippen LogP contribution in [0.25, 0.3) is 0 Å². The molecule has 2 heterocycles. The van der Waals surface area contributed by atoms with Gasteiger partial charge in [0, 0.05) is 6.07 Å². The Kier molecular flexibility index (Phi) is 3.00. The van der Waals surface area contributed by atoms with E-state index in [1.807, 2.05) is 0 Å². The maximum atomic E-state index is 12.6. The van der Waals surface area contributed by atoms with E-state index < -0.39 is 12.0 Å². The van der Waals surface area contributed by atoms with Crippen molar-refractivity contribution in [1.29, 1.82) is 0 Å². The van der Waals surface area contributed by atoms with E-state index in [0.717, 1.165) is 24.6 Å². The minimum absolute atomic E-state index is 0.0570. The van der Waals surface area contributed by atoms with Gasteiger partial charge in [-0.3, -0.25) is 0 Å². The van der Waals surface area contributed by atoms with Crippen molar-refractivity contribution in [3.05, 3.63) is 11.9 Å². The van der Waals surface area contributed by atoms with Crippen LogP contribution in [0.5, 0.6) is 0 Å². The Morgan fingerprint density at radius 2 is 2.05 bits per heavy atom. The van der Waals surface area contributed by atoms with E-state index in [1.165, 1.54) is 6.07 Å². The number of hydrogen-bond donors (Lipinski definition) is 1. The minimum atomic E-state index is -4.65. The van der Waals surface area contributed by atoms with Crippen molar-refractivity contribution in [3.63, 3.8) is 0 Å². The molecule has 20 heavy (non-hydrogen) atoms. The third-order valence-corrected chi connectivity index (χ3v) is 3.40. The SMILES string of the molecule is Nc1cc(Sc2nnnn2C2CC2)nc(C(F)(F)F)n1. The number of rotatable bonds is 3. The number of hydrogen-bond acceptors (Lipinski definition) is 7. The van der Waals surface area contributed by atoms with E-state index in [4.69, 9.17) is 5.73 Å². The molecule has 1 fully saturated rings. The number of nitrogen functional groups attached to an aromatic ring is 1. The molecule has 2 aromatic heterocycles. The molecule has 0 aromatic carbocycles. The van der Waals surface area contributed by atoms with Crippen molar-refractivity contribution in [1.82, 2.24) is 30.2 Å². The van der Waals surface area contributed by atoms with E-state index in [-0.39, 0.29) is 16.9 Å². The van der Waals surface area contributed by atoms with Crippen molar-refractivity contribution in [2.75, 3.05) is 5.73 Å². The summed E-state index contributed by atoms with van der Waals surface area (Å²) in [7, 11) is 0. The summed E-state index contributed by atoms with van der Waals surface area (Å²) in [5, 5.41) is 11.5. The number of aromatic nitrogens is 6. The molecule has 106 valence electrons. The van der Waals surface area contributed by atoms with E-state index in [9.17, 15) is 13.2 Å². The predicted molar refractivity (Wildman–Crippen MR) is 61.7 cm³/mol. The van der Waals surface area contributed by atoms with Crippen LogP contribution in [0.3, 0.4) is 0 Å². The van der Waals surface area contributed by atoms with Gasteiger partial charge in [-0.15, -0.1) is 5.10 Å². The molecule has 3 rings (SSSR count). The average Bonchev–Trinajstić information content (AvgIpc) is 3.09. The van der Waals surface area contributed by atoms with Crippen molar-refractivity contribution in [3.8, 4) is 0 Å². The molecule has 2 aromatic rings. The molecule has 0 saturated heterocycles. The highest BCUT2D eigenvalue weighted by Crippen LogP contribution is 2.38. The summed E-state index contributed by atoms with van der Waals surface area (Å²) < 4.78 is 39.4. The van der Waals surface area contributed by atoms with Gasteiger partial charge in [-0.25, -0.2) is 14.6 Å². The summed E-state index contributed by atoms with van der Waals surface area (Å²) in [4.78, 5) is 6.61. The second kappa shape index (κ2) is 4.58. The van der Waals surface area contributed by atoms with Crippen molar-refractivity contribution < 1.29 is 13.2 Å². The summed E-state index contributed by atoms with van der Waals surface area (Å²) >= 11 is 0.929. The number of nitrogens with two attached hydrogens (primary N) is 1. The summed E-state index contributed by atoms with van der Waals surface area (Å²) in [6, 6.07) is 1.47. The quantitative estimate of drug-likeness (QED) is 0.859. The van der Waals surface area contributed by atoms with Gasteiger partial charge >= 0.3 is 6.18 Å². The molecular formula is C9H8F3N7S. The molecule has 0 bridgehead atoms. The number of halogens is 3. The van der Waals surface area contributed by atoms with Crippen LogP contribution in [0.15, 0.2) is 16.2 Å². The van der Waals surface area contributed by atoms with Crippen LogP contribution in [0.4, 0.5) is 19.0 Å². The number of nitrogens with zero attached hydrogens (tertiary/aromatic N) is 6. The average molecular weight is 303 g/mol. The normalized spacial score (nSPS) is 15.6. The monoisotopic (exact) mass is 303 g/mol. The molecule has 11 heteroatoms. The van der Waals surface area contributed by atoms with Crippen molar-refractivity contribution >= 4 is 17.6 Å². The maximum absolute atomic E-state index is 12.6. The largest absolute Gasteiger partial charge is 0.451 e. The Hall–Kier alpha value is -1.91. The molecule has 0 spiro atoms. The third-order valence-electron chi connectivity index (χ3n) is 2.53. The van der Waals surface area contributed by atoms with E-state index in [2.05, 4.69) is 25.5 Å². The Labute approximate surface area is 114 Å².